The van der Waals surface area contributed by atoms with Crippen molar-refractivity contribution in [3.8, 4) is 0 Å². The molecule has 6 nitrogen and oxygen atoms in total. The van der Waals surface area contributed by atoms with E-state index in [1.807, 2.05) is 38.7 Å². The number of rotatable bonds is 5. The van der Waals surface area contributed by atoms with E-state index in [1.54, 1.807) is 6.07 Å². The number of benzene rings is 1. The van der Waals surface area contributed by atoms with E-state index < -0.39 is 30.5 Å². The lowest BCUT2D eigenvalue weighted by molar-refractivity contribution is -0.00301. The summed E-state index contributed by atoms with van der Waals surface area (Å²) >= 11 is 0. The second kappa shape index (κ2) is 6.54. The van der Waals surface area contributed by atoms with Gasteiger partial charge in [0.15, 0.2) is 0 Å². The van der Waals surface area contributed by atoms with Crippen LogP contribution < -0.4 is 5.46 Å². The van der Waals surface area contributed by atoms with Gasteiger partial charge in [-0.15, -0.1) is 0 Å². The Balaban J connectivity index is 1.77. The minimum Gasteiger partial charge on any atom is -0.399 e. The van der Waals surface area contributed by atoms with Crippen LogP contribution in [0.2, 0.25) is 0 Å². The minimum atomic E-state index is -1.53. The number of aliphatic hydroxyl groups is 2. The Bertz CT molecular complexity index is 830. The molecule has 2 aliphatic heterocycles. The lowest BCUT2D eigenvalue weighted by atomic mass is 9.74. The normalized spacial score (nSPS) is 25.9. The molecule has 0 spiro atoms. The van der Waals surface area contributed by atoms with Gasteiger partial charge in [-0.3, -0.25) is 4.79 Å². The fourth-order valence-corrected chi connectivity index (χ4v) is 4.29. The Hall–Kier alpha value is -1.41. The molecule has 1 aromatic carbocycles. The van der Waals surface area contributed by atoms with E-state index in [0.717, 1.165) is 23.9 Å². The van der Waals surface area contributed by atoms with Crippen LogP contribution in [0.25, 0.3) is 0 Å². The molecule has 0 radical (unpaired) electrons. The third-order valence-corrected chi connectivity index (χ3v) is 7.27. The molecule has 1 amide bonds. The first-order chi connectivity index (χ1) is 13.4. The number of hydrogen-bond acceptors (Lipinski definition) is 5. The van der Waals surface area contributed by atoms with E-state index in [1.165, 1.54) is 6.92 Å². The molecular weight excluding hydrogens is 369 g/mol. The first-order valence-corrected chi connectivity index (χ1v) is 10.5. The van der Waals surface area contributed by atoms with Crippen LogP contribution in [0, 0.1) is 5.92 Å². The molecule has 2 atom stereocenters. The third-order valence-electron chi connectivity index (χ3n) is 7.27. The molecule has 0 bridgehead atoms. The molecule has 29 heavy (non-hydrogen) atoms. The van der Waals surface area contributed by atoms with E-state index in [2.05, 4.69) is 6.92 Å². The van der Waals surface area contributed by atoms with Crippen molar-refractivity contribution in [3.63, 3.8) is 0 Å². The molecule has 2 N–H and O–H groups in total. The molecule has 7 heteroatoms. The summed E-state index contributed by atoms with van der Waals surface area (Å²) in [5.41, 5.74) is 0.0723. The van der Waals surface area contributed by atoms with Gasteiger partial charge in [0.2, 0.25) is 0 Å². The largest absolute Gasteiger partial charge is 0.494 e. The topological polar surface area (TPSA) is 79.2 Å². The first kappa shape index (κ1) is 20.9. The molecular formula is C22H32BNO5. The summed E-state index contributed by atoms with van der Waals surface area (Å²) in [5.74, 6) is 0.487. The number of nitrogens with zero attached hydrogens (tertiary/aromatic N) is 1. The third kappa shape index (κ3) is 3.32. The predicted molar refractivity (Wildman–Crippen MR) is 111 cm³/mol. The maximum Gasteiger partial charge on any atom is 0.494 e. The molecule has 158 valence electrons. The monoisotopic (exact) mass is 401 g/mol. The highest BCUT2D eigenvalue weighted by Gasteiger charge is 2.52. The summed E-state index contributed by atoms with van der Waals surface area (Å²) in [4.78, 5) is 15.2. The SMILES string of the molecule is C[C@@H](C1CC1)N1Cc2cc(B3OC(C)(C)C(C)(C)O3)cc(C(C)(O)CO)c2C1=O. The van der Waals surface area contributed by atoms with Crippen LogP contribution in [0.3, 0.4) is 0 Å². The fourth-order valence-electron chi connectivity index (χ4n) is 4.29. The van der Waals surface area contributed by atoms with Crippen molar-refractivity contribution in [3.05, 3.63) is 28.8 Å². The highest BCUT2D eigenvalue weighted by molar-refractivity contribution is 6.62. The van der Waals surface area contributed by atoms with Crippen molar-refractivity contribution in [1.82, 2.24) is 4.90 Å². The average Bonchev–Trinajstić information content (AvgIpc) is 3.39. The van der Waals surface area contributed by atoms with Gasteiger partial charge in [0, 0.05) is 12.6 Å². The number of carbonyl (C=O) groups excluding carboxylic acids is 1. The van der Waals surface area contributed by atoms with Gasteiger partial charge in [0.1, 0.15) is 5.60 Å². The van der Waals surface area contributed by atoms with Crippen LogP contribution in [0.1, 0.15) is 75.9 Å². The van der Waals surface area contributed by atoms with Crippen molar-refractivity contribution in [2.45, 2.75) is 83.8 Å². The van der Waals surface area contributed by atoms with E-state index in [0.29, 0.717) is 23.6 Å². The van der Waals surface area contributed by atoms with Gasteiger partial charge in [-0.05, 0) is 76.9 Å². The summed E-state index contributed by atoms with van der Waals surface area (Å²) in [6.07, 6.45) is 2.31. The van der Waals surface area contributed by atoms with Crippen LogP contribution in [-0.2, 0) is 21.5 Å². The van der Waals surface area contributed by atoms with Gasteiger partial charge in [-0.2, -0.15) is 0 Å². The summed E-state index contributed by atoms with van der Waals surface area (Å²) in [5, 5.41) is 20.7. The molecule has 1 saturated carbocycles. The standard InChI is InChI=1S/C22H32BNO5/c1-13(14-7-8-14)24-11-15-9-16(23-28-20(2,3)21(4,5)29-23)10-17(18(15)19(24)26)22(6,27)12-25/h9-10,13-14,25,27H,7-8,11-12H2,1-6H3/t13-,22?/m0/s1. The van der Waals surface area contributed by atoms with Crippen LogP contribution in [0.4, 0.5) is 0 Å². The zero-order chi connectivity index (χ0) is 21.4. The minimum absolute atomic E-state index is 0.0661. The smallest absolute Gasteiger partial charge is 0.399 e. The lowest BCUT2D eigenvalue weighted by Crippen LogP contribution is -2.41. The van der Waals surface area contributed by atoms with Crippen LogP contribution in [-0.4, -0.2) is 52.0 Å². The first-order valence-electron chi connectivity index (χ1n) is 10.5. The lowest BCUT2D eigenvalue weighted by Gasteiger charge is -2.32. The Labute approximate surface area is 173 Å². The molecule has 4 rings (SSSR count). The van der Waals surface area contributed by atoms with E-state index in [4.69, 9.17) is 9.31 Å². The second-order valence-corrected chi connectivity index (χ2v) is 10.1. The molecule has 1 unspecified atom stereocenters. The van der Waals surface area contributed by atoms with Gasteiger partial charge in [-0.25, -0.2) is 0 Å². The number of aliphatic hydroxyl groups excluding tert-OH is 1. The Morgan fingerprint density at radius 2 is 1.83 bits per heavy atom. The molecule has 2 fully saturated rings. The van der Waals surface area contributed by atoms with Crippen LogP contribution >= 0.6 is 0 Å². The van der Waals surface area contributed by atoms with Gasteiger partial charge in [0.05, 0.1) is 23.4 Å². The van der Waals surface area contributed by atoms with Gasteiger partial charge in [0.25, 0.3) is 5.91 Å². The molecule has 3 aliphatic rings. The molecule has 1 saturated heterocycles. The van der Waals surface area contributed by atoms with Crippen LogP contribution in [0.15, 0.2) is 12.1 Å². The van der Waals surface area contributed by atoms with E-state index in [-0.39, 0.29) is 11.9 Å². The summed E-state index contributed by atoms with van der Waals surface area (Å²) < 4.78 is 12.4. The summed E-state index contributed by atoms with van der Waals surface area (Å²) in [6, 6.07) is 3.90. The number of hydrogen-bond donors (Lipinski definition) is 2. The maximum atomic E-state index is 13.3. The quantitative estimate of drug-likeness (QED) is 0.738. The molecule has 1 aliphatic carbocycles. The molecule has 0 aromatic heterocycles. The second-order valence-electron chi connectivity index (χ2n) is 10.1. The highest BCUT2D eigenvalue weighted by Crippen LogP contribution is 2.41. The summed E-state index contributed by atoms with van der Waals surface area (Å²) in [7, 11) is -0.594. The number of fused-ring (bicyclic) bond motifs is 1. The van der Waals surface area contributed by atoms with Crippen molar-refractivity contribution in [2.24, 2.45) is 5.92 Å². The maximum absolute atomic E-state index is 13.3. The summed E-state index contributed by atoms with van der Waals surface area (Å²) in [6.45, 7) is 11.6. The van der Waals surface area contributed by atoms with E-state index >= 15 is 0 Å². The highest BCUT2D eigenvalue weighted by atomic mass is 16.7. The average molecular weight is 401 g/mol. The predicted octanol–water partition coefficient (Wildman–Crippen LogP) is 1.94. The Kier molecular flexibility index (Phi) is 4.71. The van der Waals surface area contributed by atoms with Crippen molar-refractivity contribution in [2.75, 3.05) is 6.61 Å². The Morgan fingerprint density at radius 3 is 2.34 bits per heavy atom. The fraction of sp³-hybridized carbons (Fsp3) is 0.682. The molecule has 2 heterocycles. The Morgan fingerprint density at radius 1 is 1.24 bits per heavy atom. The zero-order valence-corrected chi connectivity index (χ0v) is 18.3. The number of carbonyl (C=O) groups is 1. The van der Waals surface area contributed by atoms with E-state index in [9.17, 15) is 15.0 Å². The van der Waals surface area contributed by atoms with Gasteiger partial charge < -0.3 is 24.4 Å². The van der Waals surface area contributed by atoms with Gasteiger partial charge >= 0.3 is 7.12 Å². The van der Waals surface area contributed by atoms with Crippen molar-refractivity contribution < 1.29 is 24.3 Å². The molecule has 1 aromatic rings. The van der Waals surface area contributed by atoms with Gasteiger partial charge in [-0.1, -0.05) is 12.1 Å². The van der Waals surface area contributed by atoms with Crippen molar-refractivity contribution >= 4 is 18.5 Å². The zero-order valence-electron chi connectivity index (χ0n) is 18.3. The van der Waals surface area contributed by atoms with Crippen LogP contribution in [0.5, 0.6) is 0 Å². The van der Waals surface area contributed by atoms with Crippen molar-refractivity contribution in [1.29, 1.82) is 0 Å². The number of amides is 1.